The second kappa shape index (κ2) is 9.95. The van der Waals surface area contributed by atoms with Crippen LogP contribution in [-0.4, -0.2) is 26.6 Å². The van der Waals surface area contributed by atoms with E-state index in [2.05, 4.69) is 10.6 Å². The molecule has 3 aromatic carbocycles. The molecule has 3 aromatic rings. The first kappa shape index (κ1) is 23.5. The van der Waals surface area contributed by atoms with E-state index in [4.69, 9.17) is 0 Å². The molecule has 0 heterocycles. The van der Waals surface area contributed by atoms with Crippen molar-refractivity contribution in [3.05, 3.63) is 120 Å². The third-order valence-electron chi connectivity index (χ3n) is 4.63. The van der Waals surface area contributed by atoms with Gasteiger partial charge in [-0.15, -0.1) is 0 Å². The topological polar surface area (TPSA) is 188 Å². The third-order valence-corrected chi connectivity index (χ3v) is 4.63. The van der Waals surface area contributed by atoms with Crippen LogP contribution in [0, 0.1) is 30.3 Å². The lowest BCUT2D eigenvalue weighted by Gasteiger charge is -2.21. The van der Waals surface area contributed by atoms with Gasteiger partial charge in [0, 0.05) is 47.5 Å². The van der Waals surface area contributed by atoms with Gasteiger partial charge in [-0.05, 0) is 29.8 Å². The monoisotopic (exact) mass is 465 g/mol. The summed E-state index contributed by atoms with van der Waals surface area (Å²) in [7, 11) is 0. The lowest BCUT2D eigenvalue weighted by atomic mass is 10.1. The fraction of sp³-hybridized carbons (Fsp3) is 0.0476. The zero-order chi connectivity index (χ0) is 24.8. The second-order valence-electron chi connectivity index (χ2n) is 6.84. The van der Waals surface area contributed by atoms with Crippen LogP contribution in [0.2, 0.25) is 0 Å². The van der Waals surface area contributed by atoms with Gasteiger partial charge in [0.15, 0.2) is 0 Å². The van der Waals surface area contributed by atoms with Gasteiger partial charge in [-0.2, -0.15) is 0 Å². The zero-order valence-electron chi connectivity index (χ0n) is 17.1. The molecule has 0 fully saturated rings. The Kier molecular flexibility index (Phi) is 6.87. The first-order valence-corrected chi connectivity index (χ1v) is 9.50. The van der Waals surface area contributed by atoms with Crippen molar-refractivity contribution in [3.63, 3.8) is 0 Å². The lowest BCUT2D eigenvalue weighted by Crippen LogP contribution is -2.41. The molecule has 34 heavy (non-hydrogen) atoms. The molecule has 0 unspecified atom stereocenters. The number of hydrogen-bond acceptors (Lipinski definition) is 8. The van der Waals surface area contributed by atoms with Crippen LogP contribution in [-0.2, 0) is 0 Å². The number of non-ortho nitro benzene ring substituents is 3. The van der Waals surface area contributed by atoms with E-state index in [1.54, 1.807) is 0 Å². The molecule has 13 nitrogen and oxygen atoms in total. The molecule has 172 valence electrons. The average molecular weight is 465 g/mol. The van der Waals surface area contributed by atoms with Crippen LogP contribution >= 0.6 is 0 Å². The SMILES string of the molecule is O=C(NC(NC(=O)c1cccc([N+](=O)[O-])c1)c1ccc([N+](=O)[O-])cc1)c1cccc([N+](=O)[O-])c1. The number of nitrogens with zero attached hydrogens (tertiary/aromatic N) is 3. The van der Waals surface area contributed by atoms with Gasteiger partial charge in [0.1, 0.15) is 6.17 Å². The summed E-state index contributed by atoms with van der Waals surface area (Å²) in [5.41, 5.74) is -0.738. The molecule has 0 saturated carbocycles. The zero-order valence-corrected chi connectivity index (χ0v) is 17.1. The van der Waals surface area contributed by atoms with Crippen molar-refractivity contribution >= 4 is 28.9 Å². The lowest BCUT2D eigenvalue weighted by molar-refractivity contribution is -0.385. The normalized spacial score (nSPS) is 10.4. The average Bonchev–Trinajstić information content (AvgIpc) is 2.83. The molecule has 2 amide bonds. The summed E-state index contributed by atoms with van der Waals surface area (Å²) in [6.45, 7) is 0. The highest BCUT2D eigenvalue weighted by molar-refractivity contribution is 5.97. The Morgan fingerprint density at radius 3 is 1.41 bits per heavy atom. The molecule has 3 rings (SSSR count). The number of nitro groups is 3. The summed E-state index contributed by atoms with van der Waals surface area (Å²) in [4.78, 5) is 56.5. The standard InChI is InChI=1S/C21H15N5O8/c27-20(14-3-1-5-17(11-14)25(31)32)22-19(13-7-9-16(10-8-13)24(29)30)23-21(28)15-4-2-6-18(12-15)26(33)34/h1-12,19H,(H,22,27)(H,23,28). The Hall–Kier alpha value is -5.20. The highest BCUT2D eigenvalue weighted by Gasteiger charge is 2.22. The van der Waals surface area contributed by atoms with Crippen molar-refractivity contribution in [2.75, 3.05) is 0 Å². The van der Waals surface area contributed by atoms with Crippen LogP contribution in [0.3, 0.4) is 0 Å². The van der Waals surface area contributed by atoms with E-state index in [1.807, 2.05) is 0 Å². The molecular weight excluding hydrogens is 450 g/mol. The van der Waals surface area contributed by atoms with E-state index in [-0.39, 0.29) is 33.8 Å². The van der Waals surface area contributed by atoms with E-state index in [0.29, 0.717) is 0 Å². The fourth-order valence-electron chi connectivity index (χ4n) is 2.94. The summed E-state index contributed by atoms with van der Waals surface area (Å²) in [6, 6.07) is 14.7. The molecule has 0 aliphatic heterocycles. The molecule has 2 N–H and O–H groups in total. The van der Waals surface area contributed by atoms with Gasteiger partial charge >= 0.3 is 0 Å². The van der Waals surface area contributed by atoms with E-state index < -0.39 is 32.8 Å². The first-order chi connectivity index (χ1) is 16.2. The van der Waals surface area contributed by atoms with Crippen molar-refractivity contribution in [3.8, 4) is 0 Å². The smallest absolute Gasteiger partial charge is 0.270 e. The van der Waals surface area contributed by atoms with Crippen LogP contribution in [0.4, 0.5) is 17.1 Å². The molecule has 13 heteroatoms. The van der Waals surface area contributed by atoms with Crippen LogP contribution in [0.1, 0.15) is 32.4 Å². The van der Waals surface area contributed by atoms with Crippen LogP contribution < -0.4 is 10.6 Å². The number of hydrogen-bond donors (Lipinski definition) is 2. The Bertz CT molecular complexity index is 1220. The van der Waals surface area contributed by atoms with Gasteiger partial charge in [0.2, 0.25) is 0 Å². The summed E-state index contributed by atoms with van der Waals surface area (Å²) in [5, 5.41) is 37.9. The fourth-order valence-corrected chi connectivity index (χ4v) is 2.94. The summed E-state index contributed by atoms with van der Waals surface area (Å²) in [5.74, 6) is -1.54. The van der Waals surface area contributed by atoms with Crippen molar-refractivity contribution in [1.82, 2.24) is 10.6 Å². The molecule has 0 aliphatic carbocycles. The van der Waals surface area contributed by atoms with Gasteiger partial charge in [0.25, 0.3) is 28.9 Å². The number of rotatable bonds is 8. The maximum absolute atomic E-state index is 12.8. The van der Waals surface area contributed by atoms with Crippen molar-refractivity contribution in [2.45, 2.75) is 6.17 Å². The molecule has 0 aromatic heterocycles. The second-order valence-corrected chi connectivity index (χ2v) is 6.84. The van der Waals surface area contributed by atoms with Crippen molar-refractivity contribution in [1.29, 1.82) is 0 Å². The number of nitro benzene ring substituents is 3. The van der Waals surface area contributed by atoms with Crippen LogP contribution in [0.25, 0.3) is 0 Å². The highest BCUT2D eigenvalue weighted by Crippen LogP contribution is 2.20. The number of nitrogens with one attached hydrogen (secondary N) is 2. The molecule has 0 aliphatic rings. The van der Waals surface area contributed by atoms with Gasteiger partial charge in [-0.25, -0.2) is 0 Å². The predicted octanol–water partition coefficient (Wildman–Crippen LogP) is 3.27. The quantitative estimate of drug-likeness (QED) is 0.288. The number of carbonyl (C=O) groups is 2. The molecule has 0 atom stereocenters. The first-order valence-electron chi connectivity index (χ1n) is 9.50. The molecule has 0 bridgehead atoms. The van der Waals surface area contributed by atoms with Crippen molar-refractivity contribution in [2.24, 2.45) is 0 Å². The van der Waals surface area contributed by atoms with Gasteiger partial charge in [0.05, 0.1) is 14.8 Å². The summed E-state index contributed by atoms with van der Waals surface area (Å²) < 4.78 is 0. The minimum atomic E-state index is -1.22. The van der Waals surface area contributed by atoms with E-state index >= 15 is 0 Å². The Morgan fingerprint density at radius 1 is 0.618 bits per heavy atom. The van der Waals surface area contributed by atoms with Crippen LogP contribution in [0.15, 0.2) is 72.8 Å². The van der Waals surface area contributed by atoms with E-state index in [0.717, 1.165) is 12.1 Å². The van der Waals surface area contributed by atoms with Gasteiger partial charge in [-0.3, -0.25) is 39.9 Å². The number of amides is 2. The molecule has 0 saturated heterocycles. The maximum Gasteiger partial charge on any atom is 0.270 e. The maximum atomic E-state index is 12.8. The van der Waals surface area contributed by atoms with Gasteiger partial charge < -0.3 is 10.6 Å². The third kappa shape index (κ3) is 5.53. The largest absolute Gasteiger partial charge is 0.328 e. The van der Waals surface area contributed by atoms with Gasteiger partial charge in [-0.1, -0.05) is 12.1 Å². The minimum absolute atomic E-state index is 0.0642. The summed E-state index contributed by atoms with van der Waals surface area (Å²) >= 11 is 0. The van der Waals surface area contributed by atoms with E-state index in [1.165, 1.54) is 60.7 Å². The van der Waals surface area contributed by atoms with Crippen molar-refractivity contribution < 1.29 is 24.4 Å². The summed E-state index contributed by atoms with van der Waals surface area (Å²) in [6.07, 6.45) is -1.22. The number of carbonyl (C=O) groups excluding carboxylic acids is 2. The number of benzene rings is 3. The Balaban J connectivity index is 1.91. The Morgan fingerprint density at radius 2 is 1.03 bits per heavy atom. The van der Waals surface area contributed by atoms with Crippen LogP contribution in [0.5, 0.6) is 0 Å². The molecular formula is C21H15N5O8. The Labute approximate surface area is 190 Å². The minimum Gasteiger partial charge on any atom is -0.328 e. The predicted molar refractivity (Wildman–Crippen MR) is 117 cm³/mol. The molecule has 0 radical (unpaired) electrons. The van der Waals surface area contributed by atoms with E-state index in [9.17, 15) is 39.9 Å². The highest BCUT2D eigenvalue weighted by atomic mass is 16.6. The molecule has 0 spiro atoms.